The summed E-state index contributed by atoms with van der Waals surface area (Å²) in [5.74, 6) is -0.211. The van der Waals surface area contributed by atoms with Crippen LogP contribution < -0.4 is 9.47 Å². The molecule has 0 radical (unpaired) electrons. The Morgan fingerprint density at radius 1 is 0.591 bits per heavy atom. The van der Waals surface area contributed by atoms with Gasteiger partial charge in [-0.3, -0.25) is 4.79 Å². The van der Waals surface area contributed by atoms with Gasteiger partial charge in [-0.1, -0.05) is 24.3 Å². The Balaban J connectivity index is 0.917. The summed E-state index contributed by atoms with van der Waals surface area (Å²) in [6.45, 7) is 0.869. The largest absolute Gasteiger partial charge is 0.457 e. The molecule has 2 aromatic heterocycles. The average Bonchev–Trinajstić information content (AvgIpc) is 3.84. The second-order valence-corrected chi connectivity index (χ2v) is 11.2. The highest BCUT2D eigenvalue weighted by Crippen LogP contribution is 2.52. The van der Waals surface area contributed by atoms with Gasteiger partial charge in [0.1, 0.15) is 11.5 Å². The Morgan fingerprint density at radius 3 is 1.32 bits per heavy atom. The van der Waals surface area contributed by atoms with Crippen molar-refractivity contribution in [3.8, 4) is 11.5 Å². The van der Waals surface area contributed by atoms with Gasteiger partial charge in [0.25, 0.3) is 0 Å². The molecule has 3 fully saturated rings. The zero-order valence-electron chi connectivity index (χ0n) is 23.5. The second-order valence-electron chi connectivity index (χ2n) is 11.2. The quantitative estimate of drug-likeness (QED) is 0.207. The molecular formula is C33H28O11. The molecule has 3 aliphatic rings. The first kappa shape index (κ1) is 28.2. The van der Waals surface area contributed by atoms with Crippen molar-refractivity contribution in [2.24, 2.45) is 10.8 Å². The molecule has 4 aromatic rings. The first-order valence-corrected chi connectivity index (χ1v) is 14.2. The number of rotatable bonds is 6. The SMILES string of the molecule is O=C(Oc1ccc(C2OCC3(CCC4(COC(c5ccc(OC(=O)c6ccco6)cc5)OC4)C3=O)CO2)cc1)c1ccco1. The highest BCUT2D eigenvalue weighted by atomic mass is 16.7. The van der Waals surface area contributed by atoms with E-state index in [1.54, 1.807) is 60.7 Å². The Bertz CT molecular complexity index is 1480. The molecule has 0 bridgehead atoms. The third kappa shape index (κ3) is 5.35. The van der Waals surface area contributed by atoms with Crippen LogP contribution >= 0.6 is 0 Å². The van der Waals surface area contributed by atoms with Crippen LogP contribution in [0.5, 0.6) is 11.5 Å². The monoisotopic (exact) mass is 600 g/mol. The van der Waals surface area contributed by atoms with E-state index in [1.165, 1.54) is 24.7 Å². The lowest BCUT2D eigenvalue weighted by atomic mass is 9.78. The number of carbonyl (C=O) groups is 3. The van der Waals surface area contributed by atoms with Crippen LogP contribution in [-0.4, -0.2) is 44.1 Å². The number of ether oxygens (including phenoxy) is 6. The van der Waals surface area contributed by atoms with E-state index in [0.717, 1.165) is 11.1 Å². The van der Waals surface area contributed by atoms with Crippen molar-refractivity contribution >= 4 is 17.7 Å². The molecule has 7 rings (SSSR count). The summed E-state index contributed by atoms with van der Waals surface area (Å²) in [5, 5.41) is 0. The van der Waals surface area contributed by atoms with Gasteiger partial charge in [-0.2, -0.15) is 0 Å². The lowest BCUT2D eigenvalue weighted by Gasteiger charge is -2.40. The van der Waals surface area contributed by atoms with Crippen molar-refractivity contribution in [1.82, 2.24) is 0 Å². The Labute approximate surface area is 251 Å². The smallest absolute Gasteiger partial charge is 0.379 e. The summed E-state index contributed by atoms with van der Waals surface area (Å²) in [6, 6.07) is 19.9. The predicted molar refractivity (Wildman–Crippen MR) is 149 cm³/mol. The number of hydrogen-bond acceptors (Lipinski definition) is 11. The lowest BCUT2D eigenvalue weighted by molar-refractivity contribution is -0.240. The van der Waals surface area contributed by atoms with Crippen LogP contribution in [0.3, 0.4) is 0 Å². The van der Waals surface area contributed by atoms with Gasteiger partial charge in [0.2, 0.25) is 11.5 Å². The number of benzene rings is 2. The molecule has 2 aromatic carbocycles. The fourth-order valence-electron chi connectivity index (χ4n) is 5.81. The maximum absolute atomic E-state index is 13.8. The number of carbonyl (C=O) groups excluding carboxylic acids is 3. The highest BCUT2D eigenvalue weighted by Gasteiger charge is 2.60. The molecule has 11 nitrogen and oxygen atoms in total. The molecule has 0 atom stereocenters. The summed E-state index contributed by atoms with van der Waals surface area (Å²) < 4.78 is 45.0. The van der Waals surface area contributed by atoms with E-state index < -0.39 is 35.3 Å². The molecule has 44 heavy (non-hydrogen) atoms. The van der Waals surface area contributed by atoms with E-state index in [-0.39, 0.29) is 43.7 Å². The van der Waals surface area contributed by atoms with Gasteiger partial charge in [-0.05, 0) is 61.4 Å². The molecule has 0 unspecified atom stereocenters. The van der Waals surface area contributed by atoms with Crippen molar-refractivity contribution < 1.29 is 51.6 Å². The van der Waals surface area contributed by atoms with Crippen molar-refractivity contribution in [3.63, 3.8) is 0 Å². The summed E-state index contributed by atoms with van der Waals surface area (Å²) in [4.78, 5) is 38.0. The van der Waals surface area contributed by atoms with Gasteiger partial charge >= 0.3 is 11.9 Å². The van der Waals surface area contributed by atoms with E-state index in [9.17, 15) is 14.4 Å². The van der Waals surface area contributed by atoms with Crippen molar-refractivity contribution in [2.75, 3.05) is 26.4 Å². The van der Waals surface area contributed by atoms with Crippen LogP contribution in [-0.2, 0) is 23.7 Å². The zero-order chi connectivity index (χ0) is 30.1. The summed E-state index contributed by atoms with van der Waals surface area (Å²) in [7, 11) is 0. The fraction of sp³-hybridized carbons (Fsp3) is 0.303. The van der Waals surface area contributed by atoms with Crippen molar-refractivity contribution in [3.05, 3.63) is 108 Å². The predicted octanol–water partition coefficient (Wildman–Crippen LogP) is 5.44. The topological polar surface area (TPSA) is 133 Å². The summed E-state index contributed by atoms with van der Waals surface area (Å²) >= 11 is 0. The highest BCUT2D eigenvalue weighted by molar-refractivity contribution is 5.93. The summed E-state index contributed by atoms with van der Waals surface area (Å²) in [5.41, 5.74) is -0.0548. The molecular weight excluding hydrogens is 572 g/mol. The third-order valence-corrected chi connectivity index (χ3v) is 8.26. The number of furan rings is 2. The molecule has 2 aliphatic heterocycles. The number of esters is 2. The Morgan fingerprint density at radius 2 is 0.977 bits per heavy atom. The van der Waals surface area contributed by atoms with Gasteiger partial charge in [-0.25, -0.2) is 9.59 Å². The molecule has 1 aliphatic carbocycles. The van der Waals surface area contributed by atoms with Crippen LogP contribution in [0.2, 0.25) is 0 Å². The van der Waals surface area contributed by atoms with Crippen LogP contribution in [0.4, 0.5) is 0 Å². The third-order valence-electron chi connectivity index (χ3n) is 8.26. The lowest BCUT2D eigenvalue weighted by Crippen LogP contribution is -2.50. The van der Waals surface area contributed by atoms with Crippen LogP contribution in [0.25, 0.3) is 0 Å². The zero-order valence-corrected chi connectivity index (χ0v) is 23.5. The van der Waals surface area contributed by atoms with Crippen molar-refractivity contribution in [2.45, 2.75) is 25.4 Å². The number of ketones is 1. The molecule has 2 spiro atoms. The van der Waals surface area contributed by atoms with Crippen molar-refractivity contribution in [1.29, 1.82) is 0 Å². The van der Waals surface area contributed by atoms with E-state index in [4.69, 9.17) is 37.3 Å². The minimum absolute atomic E-state index is 0.0299. The fourth-order valence-corrected chi connectivity index (χ4v) is 5.81. The van der Waals surface area contributed by atoms with Crippen LogP contribution in [0.1, 0.15) is 57.7 Å². The first-order valence-electron chi connectivity index (χ1n) is 14.2. The average molecular weight is 601 g/mol. The van der Waals surface area contributed by atoms with Gasteiger partial charge < -0.3 is 37.3 Å². The van der Waals surface area contributed by atoms with E-state index >= 15 is 0 Å². The standard InChI is InChI=1S/C33H28O11/c34-27(25-3-1-15-37-25)43-23-9-5-21(6-10-23)29-39-17-32(18-40-29)13-14-33(31(32)36)19-41-30(42-20-33)22-7-11-24(12-8-22)44-28(35)26-4-2-16-38-26/h1-12,15-16,29-30H,13-14,17-20H2. The van der Waals surface area contributed by atoms with E-state index in [2.05, 4.69) is 0 Å². The first-order chi connectivity index (χ1) is 21.4. The van der Waals surface area contributed by atoms with Gasteiger partial charge in [0, 0.05) is 11.1 Å². The normalized spacial score (nSPS) is 26.6. The maximum atomic E-state index is 13.8. The minimum atomic E-state index is -0.770. The molecule has 0 amide bonds. The molecule has 4 heterocycles. The summed E-state index contributed by atoms with van der Waals surface area (Å²) in [6.07, 6.45) is 2.72. The maximum Gasteiger partial charge on any atom is 0.379 e. The molecule has 0 N–H and O–H groups in total. The Kier molecular flexibility index (Phi) is 7.39. The van der Waals surface area contributed by atoms with Gasteiger partial charge in [0.05, 0.1) is 49.8 Å². The second kappa shape index (κ2) is 11.5. The Hall–Kier alpha value is -4.55. The number of Topliss-reactive ketones (excluding diaryl/α,β-unsaturated/α-hetero) is 1. The van der Waals surface area contributed by atoms with Crippen LogP contribution in [0, 0.1) is 10.8 Å². The van der Waals surface area contributed by atoms with E-state index in [1.807, 2.05) is 0 Å². The molecule has 1 saturated carbocycles. The van der Waals surface area contributed by atoms with Gasteiger partial charge in [0.15, 0.2) is 18.4 Å². The minimum Gasteiger partial charge on any atom is -0.457 e. The van der Waals surface area contributed by atoms with E-state index in [0.29, 0.717) is 24.3 Å². The number of hydrogen-bond donors (Lipinski definition) is 0. The van der Waals surface area contributed by atoms with Crippen LogP contribution in [0.15, 0.2) is 94.2 Å². The molecule has 226 valence electrons. The van der Waals surface area contributed by atoms with Gasteiger partial charge in [-0.15, -0.1) is 0 Å². The molecule has 11 heteroatoms. The molecule has 2 saturated heterocycles.